The van der Waals surface area contributed by atoms with Gasteiger partial charge in [0.2, 0.25) is 10.0 Å². The number of rotatable bonds is 7. The number of methoxy groups -OCH3 is 1. The number of hydrogen-bond acceptors (Lipinski definition) is 3. The van der Waals surface area contributed by atoms with Crippen molar-refractivity contribution in [2.75, 3.05) is 20.2 Å². The molecule has 0 heterocycles. The second-order valence-corrected chi connectivity index (χ2v) is 7.19. The number of ether oxygens (including phenoxy) is 1. The summed E-state index contributed by atoms with van der Waals surface area (Å²) in [6, 6.07) is 5.05. The number of hydrogen-bond donors (Lipinski definition) is 0. The summed E-state index contributed by atoms with van der Waals surface area (Å²) in [6.07, 6.45) is 2.23. The summed E-state index contributed by atoms with van der Waals surface area (Å²) in [7, 11) is -2.05. The average Bonchev–Trinajstić information content (AvgIpc) is 3.27. The van der Waals surface area contributed by atoms with Crippen molar-refractivity contribution < 1.29 is 13.2 Å². The summed E-state index contributed by atoms with van der Waals surface area (Å²) >= 11 is 5.80. The van der Waals surface area contributed by atoms with Gasteiger partial charge < -0.3 is 4.74 Å². The molecule has 0 radical (unpaired) electrons. The molecule has 1 saturated carbocycles. The molecule has 0 N–H and O–H groups in total. The Balaban J connectivity index is 2.39. The van der Waals surface area contributed by atoms with Gasteiger partial charge in [-0.2, -0.15) is 4.31 Å². The van der Waals surface area contributed by atoms with E-state index >= 15 is 0 Å². The molecule has 0 amide bonds. The van der Waals surface area contributed by atoms with Crippen LogP contribution in [-0.4, -0.2) is 32.9 Å². The molecule has 20 heavy (non-hydrogen) atoms. The Morgan fingerprint density at radius 1 is 1.40 bits per heavy atom. The van der Waals surface area contributed by atoms with Gasteiger partial charge in [-0.3, -0.25) is 0 Å². The van der Waals surface area contributed by atoms with Crippen LogP contribution >= 0.6 is 11.6 Å². The van der Waals surface area contributed by atoms with Crippen molar-refractivity contribution in [3.8, 4) is 5.75 Å². The van der Waals surface area contributed by atoms with E-state index in [-0.39, 0.29) is 10.8 Å². The van der Waals surface area contributed by atoms with Gasteiger partial charge in [-0.25, -0.2) is 8.42 Å². The van der Waals surface area contributed by atoms with Gasteiger partial charge in [-0.1, -0.05) is 13.0 Å². The molecule has 4 nitrogen and oxygen atoms in total. The molecular weight excluding hydrogens is 298 g/mol. The quantitative estimate of drug-likeness (QED) is 0.726. The SMILES string of the molecule is CCN(CC1CC1)S(=O)(=O)c1cc(CCl)ccc1OC. The highest BCUT2D eigenvalue weighted by Gasteiger charge is 2.32. The van der Waals surface area contributed by atoms with Crippen molar-refractivity contribution in [3.63, 3.8) is 0 Å². The number of sulfonamides is 1. The second kappa shape index (κ2) is 6.33. The van der Waals surface area contributed by atoms with E-state index in [1.807, 2.05) is 6.92 Å². The van der Waals surface area contributed by atoms with Crippen molar-refractivity contribution in [3.05, 3.63) is 23.8 Å². The number of alkyl halides is 1. The number of halogens is 1. The van der Waals surface area contributed by atoms with Crippen LogP contribution in [0.1, 0.15) is 25.3 Å². The van der Waals surface area contributed by atoms with Gasteiger partial charge in [-0.05, 0) is 36.5 Å². The average molecular weight is 318 g/mol. The third kappa shape index (κ3) is 3.27. The first-order valence-corrected chi connectivity index (χ1v) is 8.73. The van der Waals surface area contributed by atoms with E-state index in [1.54, 1.807) is 18.2 Å². The molecule has 1 fully saturated rings. The molecule has 0 aromatic heterocycles. The second-order valence-electron chi connectivity index (χ2n) is 5.02. The van der Waals surface area contributed by atoms with Crippen molar-refractivity contribution in [2.24, 2.45) is 5.92 Å². The van der Waals surface area contributed by atoms with Crippen LogP contribution in [0.15, 0.2) is 23.1 Å². The number of nitrogens with zero attached hydrogens (tertiary/aromatic N) is 1. The van der Waals surface area contributed by atoms with Gasteiger partial charge >= 0.3 is 0 Å². The Bertz CT molecular complexity index is 570. The predicted octanol–water partition coefficient (Wildman–Crippen LogP) is 2.85. The largest absolute Gasteiger partial charge is 0.495 e. The molecule has 0 unspecified atom stereocenters. The van der Waals surface area contributed by atoms with E-state index in [9.17, 15) is 8.42 Å². The van der Waals surface area contributed by atoms with Crippen LogP contribution in [0.3, 0.4) is 0 Å². The van der Waals surface area contributed by atoms with E-state index in [1.165, 1.54) is 11.4 Å². The third-order valence-electron chi connectivity index (χ3n) is 3.51. The van der Waals surface area contributed by atoms with Crippen molar-refractivity contribution in [2.45, 2.75) is 30.5 Å². The third-order valence-corrected chi connectivity index (χ3v) is 5.78. The van der Waals surface area contributed by atoms with E-state index in [0.717, 1.165) is 18.4 Å². The molecule has 1 aliphatic carbocycles. The molecule has 1 aromatic rings. The lowest BCUT2D eigenvalue weighted by molar-refractivity contribution is 0.388. The highest BCUT2D eigenvalue weighted by Crippen LogP contribution is 2.33. The van der Waals surface area contributed by atoms with Crippen LogP contribution in [0.5, 0.6) is 5.75 Å². The molecule has 1 aromatic carbocycles. The lowest BCUT2D eigenvalue weighted by atomic mass is 10.2. The molecule has 0 saturated heterocycles. The smallest absolute Gasteiger partial charge is 0.246 e. The summed E-state index contributed by atoms with van der Waals surface area (Å²) in [4.78, 5) is 0.209. The molecule has 0 aliphatic heterocycles. The van der Waals surface area contributed by atoms with E-state index in [4.69, 9.17) is 16.3 Å². The summed E-state index contributed by atoms with van der Waals surface area (Å²) in [6.45, 7) is 2.91. The first-order chi connectivity index (χ1) is 9.52. The zero-order valence-corrected chi connectivity index (χ0v) is 13.4. The topological polar surface area (TPSA) is 46.6 Å². The minimum absolute atomic E-state index is 0.209. The fraction of sp³-hybridized carbons (Fsp3) is 0.571. The summed E-state index contributed by atoms with van der Waals surface area (Å²) in [5.41, 5.74) is 0.772. The van der Waals surface area contributed by atoms with Crippen LogP contribution in [0.4, 0.5) is 0 Å². The van der Waals surface area contributed by atoms with Gasteiger partial charge in [0.25, 0.3) is 0 Å². The Labute approximate surface area is 125 Å². The van der Waals surface area contributed by atoms with Crippen LogP contribution in [0.2, 0.25) is 0 Å². The van der Waals surface area contributed by atoms with E-state index in [0.29, 0.717) is 24.8 Å². The summed E-state index contributed by atoms with van der Waals surface area (Å²) in [5.74, 6) is 1.15. The van der Waals surface area contributed by atoms with Crippen molar-refractivity contribution >= 4 is 21.6 Å². The van der Waals surface area contributed by atoms with Gasteiger partial charge in [0.05, 0.1) is 7.11 Å². The Morgan fingerprint density at radius 3 is 2.60 bits per heavy atom. The van der Waals surface area contributed by atoms with Crippen molar-refractivity contribution in [1.29, 1.82) is 0 Å². The van der Waals surface area contributed by atoms with Gasteiger partial charge in [0.15, 0.2) is 0 Å². The fourth-order valence-corrected chi connectivity index (χ4v) is 4.03. The first kappa shape index (κ1) is 15.6. The lowest BCUT2D eigenvalue weighted by Crippen LogP contribution is -2.33. The van der Waals surface area contributed by atoms with Crippen LogP contribution < -0.4 is 4.74 Å². The summed E-state index contributed by atoms with van der Waals surface area (Å²) in [5, 5.41) is 0. The molecule has 0 bridgehead atoms. The first-order valence-electron chi connectivity index (χ1n) is 6.76. The highest BCUT2D eigenvalue weighted by atomic mass is 35.5. The van der Waals surface area contributed by atoms with Gasteiger partial charge in [0, 0.05) is 19.0 Å². The molecule has 6 heteroatoms. The summed E-state index contributed by atoms with van der Waals surface area (Å²) < 4.78 is 32.3. The monoisotopic (exact) mass is 317 g/mol. The zero-order valence-electron chi connectivity index (χ0n) is 11.8. The van der Waals surface area contributed by atoms with Gasteiger partial charge in [-0.15, -0.1) is 11.6 Å². The maximum atomic E-state index is 12.8. The fourth-order valence-electron chi connectivity index (χ4n) is 2.13. The standard InChI is InChI=1S/C14H20ClNO3S/c1-3-16(10-11-4-5-11)20(17,18)14-8-12(9-15)6-7-13(14)19-2/h6-8,11H,3-5,9-10H2,1-2H3. The highest BCUT2D eigenvalue weighted by molar-refractivity contribution is 7.89. The minimum atomic E-state index is -3.53. The molecule has 2 rings (SSSR count). The van der Waals surface area contributed by atoms with Crippen molar-refractivity contribution in [1.82, 2.24) is 4.31 Å². The molecular formula is C14H20ClNO3S. The Kier molecular flexibility index (Phi) is 4.94. The van der Waals surface area contributed by atoms with Crippen LogP contribution in [0, 0.1) is 5.92 Å². The van der Waals surface area contributed by atoms with Crippen LogP contribution in [0.25, 0.3) is 0 Å². The van der Waals surface area contributed by atoms with Gasteiger partial charge in [0.1, 0.15) is 10.6 Å². The Morgan fingerprint density at radius 2 is 2.10 bits per heavy atom. The van der Waals surface area contributed by atoms with E-state index < -0.39 is 10.0 Å². The molecule has 112 valence electrons. The lowest BCUT2D eigenvalue weighted by Gasteiger charge is -2.22. The zero-order chi connectivity index (χ0) is 14.8. The van der Waals surface area contributed by atoms with E-state index in [2.05, 4.69) is 0 Å². The number of benzene rings is 1. The maximum absolute atomic E-state index is 12.8. The Hall–Kier alpha value is -0.780. The maximum Gasteiger partial charge on any atom is 0.246 e. The normalized spacial score (nSPS) is 15.6. The molecule has 0 spiro atoms. The molecule has 1 aliphatic rings. The minimum Gasteiger partial charge on any atom is -0.495 e. The van der Waals surface area contributed by atoms with Crippen LogP contribution in [-0.2, 0) is 15.9 Å². The molecule has 0 atom stereocenters. The predicted molar refractivity (Wildman–Crippen MR) is 79.7 cm³/mol.